The maximum Gasteiger partial charge on any atom is 0.286 e. The van der Waals surface area contributed by atoms with Crippen LogP contribution in [0.5, 0.6) is 5.75 Å². The fourth-order valence-corrected chi connectivity index (χ4v) is 2.41. The number of rotatable bonds is 4. The molecule has 2 aromatic rings. The van der Waals surface area contributed by atoms with Crippen molar-refractivity contribution in [1.82, 2.24) is 10.5 Å². The highest BCUT2D eigenvalue weighted by Gasteiger charge is 2.32. The average Bonchev–Trinajstić information content (AvgIpc) is 2.61. The summed E-state index contributed by atoms with van der Waals surface area (Å²) in [5.74, 6) is -0.106. The molecule has 0 radical (unpaired) electrons. The van der Waals surface area contributed by atoms with Gasteiger partial charge in [-0.05, 0) is 23.8 Å². The van der Waals surface area contributed by atoms with Crippen LogP contribution in [0.2, 0.25) is 0 Å². The van der Waals surface area contributed by atoms with Gasteiger partial charge in [0, 0.05) is 19.3 Å². The number of anilines is 1. The van der Waals surface area contributed by atoms with Crippen molar-refractivity contribution in [2.24, 2.45) is 0 Å². The van der Waals surface area contributed by atoms with Crippen molar-refractivity contribution in [3.8, 4) is 5.75 Å². The molecule has 1 aliphatic rings. The van der Waals surface area contributed by atoms with Crippen LogP contribution in [-0.4, -0.2) is 29.4 Å². The first kappa shape index (κ1) is 15.9. The Morgan fingerprint density at radius 1 is 1.33 bits per heavy atom. The standard InChI is InChI=1S/C17H17N3O4/c1-12(21)20-10-16(24-15-7-3-2-6-14(15)20)17(22)19-23-11-13-5-4-8-18-9-13/h2-9,16H,10-11H2,1H3,(H,19,22). The van der Waals surface area contributed by atoms with E-state index in [2.05, 4.69) is 10.5 Å². The highest BCUT2D eigenvalue weighted by Crippen LogP contribution is 2.33. The lowest BCUT2D eigenvalue weighted by atomic mass is 10.2. The first-order chi connectivity index (χ1) is 11.6. The predicted molar refractivity (Wildman–Crippen MR) is 86.1 cm³/mol. The fraction of sp³-hybridized carbons (Fsp3) is 0.235. The second-order valence-electron chi connectivity index (χ2n) is 5.32. The number of amides is 2. The van der Waals surface area contributed by atoms with Crippen molar-refractivity contribution in [2.45, 2.75) is 19.6 Å². The first-order valence-electron chi connectivity index (χ1n) is 7.49. The van der Waals surface area contributed by atoms with Crippen LogP contribution in [0.4, 0.5) is 5.69 Å². The number of carbonyl (C=O) groups excluding carboxylic acids is 2. The summed E-state index contributed by atoms with van der Waals surface area (Å²) in [4.78, 5) is 34.8. The molecule has 2 amide bonds. The van der Waals surface area contributed by atoms with E-state index in [1.54, 1.807) is 36.7 Å². The Morgan fingerprint density at radius 3 is 2.92 bits per heavy atom. The van der Waals surface area contributed by atoms with E-state index in [4.69, 9.17) is 9.57 Å². The van der Waals surface area contributed by atoms with Crippen molar-refractivity contribution >= 4 is 17.5 Å². The number of hydroxylamine groups is 1. The quantitative estimate of drug-likeness (QED) is 0.860. The van der Waals surface area contributed by atoms with Crippen LogP contribution in [0.15, 0.2) is 48.8 Å². The van der Waals surface area contributed by atoms with Gasteiger partial charge in [-0.3, -0.25) is 19.4 Å². The number of benzene rings is 1. The summed E-state index contributed by atoms with van der Waals surface area (Å²) < 4.78 is 5.68. The molecular weight excluding hydrogens is 310 g/mol. The van der Waals surface area contributed by atoms with E-state index in [0.717, 1.165) is 5.56 Å². The van der Waals surface area contributed by atoms with Crippen LogP contribution in [0.25, 0.3) is 0 Å². The first-order valence-corrected chi connectivity index (χ1v) is 7.49. The minimum atomic E-state index is -0.835. The van der Waals surface area contributed by atoms with Gasteiger partial charge in [-0.1, -0.05) is 18.2 Å². The summed E-state index contributed by atoms with van der Waals surface area (Å²) in [5.41, 5.74) is 3.85. The number of hydrogen-bond donors (Lipinski definition) is 1. The van der Waals surface area contributed by atoms with E-state index in [1.807, 2.05) is 12.1 Å². The lowest BCUT2D eigenvalue weighted by molar-refractivity contribution is -0.142. The lowest BCUT2D eigenvalue weighted by Gasteiger charge is -2.33. The molecule has 124 valence electrons. The number of nitrogens with one attached hydrogen (secondary N) is 1. The zero-order valence-corrected chi connectivity index (χ0v) is 13.1. The van der Waals surface area contributed by atoms with Crippen molar-refractivity contribution < 1.29 is 19.2 Å². The Morgan fingerprint density at radius 2 is 2.17 bits per heavy atom. The molecule has 0 saturated heterocycles. The molecule has 2 heterocycles. The van der Waals surface area contributed by atoms with Crippen molar-refractivity contribution in [2.75, 3.05) is 11.4 Å². The Kier molecular flexibility index (Phi) is 4.72. The van der Waals surface area contributed by atoms with Gasteiger partial charge in [0.05, 0.1) is 12.2 Å². The molecule has 1 aliphatic heterocycles. The minimum absolute atomic E-state index is 0.133. The predicted octanol–water partition coefficient (Wildman–Crippen LogP) is 1.44. The van der Waals surface area contributed by atoms with Gasteiger partial charge >= 0.3 is 0 Å². The molecule has 1 unspecified atom stereocenters. The van der Waals surface area contributed by atoms with Crippen LogP contribution < -0.4 is 15.1 Å². The molecule has 24 heavy (non-hydrogen) atoms. The van der Waals surface area contributed by atoms with Gasteiger partial charge in [0.15, 0.2) is 6.10 Å². The molecule has 0 saturated carbocycles. The molecule has 0 aliphatic carbocycles. The van der Waals surface area contributed by atoms with Crippen LogP contribution in [0, 0.1) is 0 Å². The molecule has 1 aromatic carbocycles. The summed E-state index contributed by atoms with van der Waals surface area (Å²) in [6.45, 7) is 1.78. The van der Waals surface area contributed by atoms with E-state index in [9.17, 15) is 9.59 Å². The number of ether oxygens (including phenoxy) is 1. The number of aromatic nitrogens is 1. The molecule has 3 rings (SSSR count). The van der Waals surface area contributed by atoms with E-state index < -0.39 is 12.0 Å². The Labute approximate surface area is 139 Å². The van der Waals surface area contributed by atoms with E-state index in [-0.39, 0.29) is 19.1 Å². The average molecular weight is 327 g/mol. The SMILES string of the molecule is CC(=O)N1CC(C(=O)NOCc2cccnc2)Oc2ccccc21. The van der Waals surface area contributed by atoms with Crippen LogP contribution in [0.1, 0.15) is 12.5 Å². The second-order valence-corrected chi connectivity index (χ2v) is 5.32. The summed E-state index contributed by atoms with van der Waals surface area (Å²) in [6.07, 6.45) is 2.47. The molecule has 1 atom stereocenters. The Bertz CT molecular complexity index is 736. The van der Waals surface area contributed by atoms with Gasteiger partial charge in [0.1, 0.15) is 12.4 Å². The molecule has 7 heteroatoms. The highest BCUT2D eigenvalue weighted by atomic mass is 16.7. The summed E-state index contributed by atoms with van der Waals surface area (Å²) in [5, 5.41) is 0. The third-order valence-electron chi connectivity index (χ3n) is 3.58. The second kappa shape index (κ2) is 7.10. The van der Waals surface area contributed by atoms with Crippen molar-refractivity contribution in [3.63, 3.8) is 0 Å². The molecule has 0 fully saturated rings. The monoisotopic (exact) mass is 327 g/mol. The minimum Gasteiger partial charge on any atom is -0.476 e. The zero-order valence-electron chi connectivity index (χ0n) is 13.1. The molecule has 0 bridgehead atoms. The van der Waals surface area contributed by atoms with E-state index in [1.165, 1.54) is 11.8 Å². The Balaban J connectivity index is 1.62. The third kappa shape index (κ3) is 3.52. The smallest absolute Gasteiger partial charge is 0.286 e. The van der Waals surface area contributed by atoms with Gasteiger partial charge in [-0.15, -0.1) is 0 Å². The topological polar surface area (TPSA) is 80.8 Å². The number of para-hydroxylation sites is 2. The molecule has 7 nitrogen and oxygen atoms in total. The normalized spacial score (nSPS) is 16.0. The molecule has 0 spiro atoms. The van der Waals surface area contributed by atoms with Gasteiger partial charge in [-0.25, -0.2) is 5.48 Å². The van der Waals surface area contributed by atoms with Gasteiger partial charge in [-0.2, -0.15) is 0 Å². The Hall–Kier alpha value is -2.93. The van der Waals surface area contributed by atoms with Gasteiger partial charge < -0.3 is 9.64 Å². The van der Waals surface area contributed by atoms with Gasteiger partial charge in [0.25, 0.3) is 5.91 Å². The summed E-state index contributed by atoms with van der Waals surface area (Å²) >= 11 is 0. The number of fused-ring (bicyclic) bond motifs is 1. The number of nitrogens with zero attached hydrogens (tertiary/aromatic N) is 2. The van der Waals surface area contributed by atoms with Crippen LogP contribution >= 0.6 is 0 Å². The van der Waals surface area contributed by atoms with Gasteiger partial charge in [0.2, 0.25) is 5.91 Å². The number of hydrogen-bond acceptors (Lipinski definition) is 5. The summed E-state index contributed by atoms with van der Waals surface area (Å²) in [7, 11) is 0. The third-order valence-corrected chi connectivity index (χ3v) is 3.58. The number of carbonyl (C=O) groups is 2. The molecular formula is C17H17N3O4. The largest absolute Gasteiger partial charge is 0.476 e. The fourth-order valence-electron chi connectivity index (χ4n) is 2.41. The van der Waals surface area contributed by atoms with Crippen molar-refractivity contribution in [3.05, 3.63) is 54.4 Å². The molecule has 1 N–H and O–H groups in total. The van der Waals surface area contributed by atoms with Crippen LogP contribution in [-0.2, 0) is 21.0 Å². The zero-order chi connectivity index (χ0) is 16.9. The highest BCUT2D eigenvalue weighted by molar-refractivity contribution is 5.95. The van der Waals surface area contributed by atoms with E-state index >= 15 is 0 Å². The molecule has 1 aromatic heterocycles. The lowest BCUT2D eigenvalue weighted by Crippen LogP contribution is -2.50. The maximum absolute atomic E-state index is 12.3. The van der Waals surface area contributed by atoms with Crippen LogP contribution in [0.3, 0.4) is 0 Å². The van der Waals surface area contributed by atoms with Crippen molar-refractivity contribution in [1.29, 1.82) is 0 Å². The number of pyridine rings is 1. The maximum atomic E-state index is 12.3. The summed E-state index contributed by atoms with van der Waals surface area (Å²) in [6, 6.07) is 10.7. The van der Waals surface area contributed by atoms with E-state index in [0.29, 0.717) is 11.4 Å².